The standard InChI is InChI=1S/C19H18ClFN2O3/c1-26-12-7-8-17(23-9-3-6-19(23)25)16(10-12)22-18(24)11-13-14(20)4-2-5-15(13)21/h2,4-5,7-8,10H,3,6,9,11H2,1H3,(H,22,24). The second-order valence-corrected chi connectivity index (χ2v) is 6.36. The van der Waals surface area contributed by atoms with Crippen molar-refractivity contribution in [2.75, 3.05) is 23.9 Å². The van der Waals surface area contributed by atoms with Crippen molar-refractivity contribution < 1.29 is 18.7 Å². The Balaban J connectivity index is 1.86. The van der Waals surface area contributed by atoms with Gasteiger partial charge in [-0.25, -0.2) is 4.39 Å². The molecule has 1 aliphatic heterocycles. The molecule has 136 valence electrons. The van der Waals surface area contributed by atoms with Crippen LogP contribution in [0.1, 0.15) is 18.4 Å². The fourth-order valence-electron chi connectivity index (χ4n) is 2.94. The summed E-state index contributed by atoms with van der Waals surface area (Å²) in [5.41, 5.74) is 1.17. The van der Waals surface area contributed by atoms with Crippen LogP contribution in [0.3, 0.4) is 0 Å². The van der Waals surface area contributed by atoms with E-state index in [0.717, 1.165) is 6.42 Å². The molecule has 2 aromatic rings. The Morgan fingerprint density at radius 2 is 2.15 bits per heavy atom. The van der Waals surface area contributed by atoms with E-state index in [1.165, 1.54) is 25.3 Å². The summed E-state index contributed by atoms with van der Waals surface area (Å²) in [6, 6.07) is 9.37. The Morgan fingerprint density at radius 3 is 2.81 bits per heavy atom. The van der Waals surface area contributed by atoms with Gasteiger partial charge in [-0.1, -0.05) is 17.7 Å². The van der Waals surface area contributed by atoms with Gasteiger partial charge in [-0.3, -0.25) is 9.59 Å². The van der Waals surface area contributed by atoms with Crippen LogP contribution in [-0.2, 0) is 16.0 Å². The van der Waals surface area contributed by atoms with Gasteiger partial charge in [0.15, 0.2) is 0 Å². The van der Waals surface area contributed by atoms with Crippen LogP contribution >= 0.6 is 11.6 Å². The number of halogens is 2. The van der Waals surface area contributed by atoms with Crippen molar-refractivity contribution in [3.8, 4) is 5.75 Å². The van der Waals surface area contributed by atoms with Crippen molar-refractivity contribution in [3.63, 3.8) is 0 Å². The zero-order chi connectivity index (χ0) is 18.7. The quantitative estimate of drug-likeness (QED) is 0.863. The summed E-state index contributed by atoms with van der Waals surface area (Å²) in [5, 5.41) is 2.94. The zero-order valence-corrected chi connectivity index (χ0v) is 15.0. The maximum absolute atomic E-state index is 13.9. The van der Waals surface area contributed by atoms with Gasteiger partial charge in [0, 0.05) is 29.6 Å². The Bertz CT molecular complexity index is 836. The van der Waals surface area contributed by atoms with Crippen LogP contribution in [0.5, 0.6) is 5.75 Å². The third-order valence-corrected chi connectivity index (χ3v) is 4.60. The minimum atomic E-state index is -0.534. The third-order valence-electron chi connectivity index (χ3n) is 4.24. The van der Waals surface area contributed by atoms with Crippen LogP contribution in [0.2, 0.25) is 5.02 Å². The van der Waals surface area contributed by atoms with E-state index in [0.29, 0.717) is 30.1 Å². The first-order valence-corrected chi connectivity index (χ1v) is 8.58. The Hall–Kier alpha value is -2.60. The lowest BCUT2D eigenvalue weighted by atomic mass is 10.1. The van der Waals surface area contributed by atoms with Crippen molar-refractivity contribution in [2.24, 2.45) is 0 Å². The maximum Gasteiger partial charge on any atom is 0.229 e. The Labute approximate surface area is 155 Å². The molecular weight excluding hydrogens is 359 g/mol. The minimum Gasteiger partial charge on any atom is -0.497 e. The van der Waals surface area contributed by atoms with Crippen LogP contribution in [-0.4, -0.2) is 25.5 Å². The van der Waals surface area contributed by atoms with Crippen molar-refractivity contribution in [2.45, 2.75) is 19.3 Å². The van der Waals surface area contributed by atoms with Gasteiger partial charge in [-0.05, 0) is 30.7 Å². The molecule has 3 rings (SSSR count). The second-order valence-electron chi connectivity index (χ2n) is 5.96. The summed E-state index contributed by atoms with van der Waals surface area (Å²) >= 11 is 5.99. The van der Waals surface area contributed by atoms with E-state index in [4.69, 9.17) is 16.3 Å². The predicted octanol–water partition coefficient (Wildman–Crippen LogP) is 3.80. The molecule has 26 heavy (non-hydrogen) atoms. The van der Waals surface area contributed by atoms with Gasteiger partial charge in [0.25, 0.3) is 0 Å². The van der Waals surface area contributed by atoms with Crippen LogP contribution in [0.15, 0.2) is 36.4 Å². The number of benzene rings is 2. The molecule has 1 N–H and O–H groups in total. The fraction of sp³-hybridized carbons (Fsp3) is 0.263. The third kappa shape index (κ3) is 3.80. The molecule has 1 aliphatic rings. The lowest BCUT2D eigenvalue weighted by Gasteiger charge is -2.21. The van der Waals surface area contributed by atoms with Crippen LogP contribution in [0, 0.1) is 5.82 Å². The minimum absolute atomic E-state index is 0.00261. The normalized spacial score (nSPS) is 13.8. The number of hydrogen-bond donors (Lipinski definition) is 1. The van der Waals surface area contributed by atoms with Crippen LogP contribution in [0.4, 0.5) is 15.8 Å². The number of nitrogens with zero attached hydrogens (tertiary/aromatic N) is 1. The number of anilines is 2. The second kappa shape index (κ2) is 7.74. The summed E-state index contributed by atoms with van der Waals surface area (Å²) in [6.45, 7) is 0.590. The summed E-state index contributed by atoms with van der Waals surface area (Å²) in [7, 11) is 1.51. The molecule has 7 heteroatoms. The smallest absolute Gasteiger partial charge is 0.229 e. The number of nitrogens with one attached hydrogen (secondary N) is 1. The number of ether oxygens (including phenoxy) is 1. The molecule has 2 amide bonds. The topological polar surface area (TPSA) is 58.6 Å². The molecule has 2 aromatic carbocycles. The first kappa shape index (κ1) is 18.2. The molecule has 0 radical (unpaired) electrons. The molecule has 1 fully saturated rings. The highest BCUT2D eigenvalue weighted by molar-refractivity contribution is 6.31. The van der Waals surface area contributed by atoms with Crippen molar-refractivity contribution in [1.29, 1.82) is 0 Å². The molecule has 0 atom stereocenters. The van der Waals surface area contributed by atoms with Crippen molar-refractivity contribution >= 4 is 34.8 Å². The molecular formula is C19H18ClFN2O3. The highest BCUT2D eigenvalue weighted by atomic mass is 35.5. The monoisotopic (exact) mass is 376 g/mol. The van der Waals surface area contributed by atoms with E-state index in [2.05, 4.69) is 5.32 Å². The van der Waals surface area contributed by atoms with Gasteiger partial charge in [-0.15, -0.1) is 0 Å². The first-order valence-electron chi connectivity index (χ1n) is 8.20. The fourth-order valence-corrected chi connectivity index (χ4v) is 3.17. The molecule has 1 heterocycles. The Kier molecular flexibility index (Phi) is 5.42. The van der Waals surface area contributed by atoms with Gasteiger partial charge in [0.1, 0.15) is 11.6 Å². The lowest BCUT2D eigenvalue weighted by Crippen LogP contribution is -2.26. The van der Waals surface area contributed by atoms with Crippen molar-refractivity contribution in [1.82, 2.24) is 0 Å². The van der Waals surface area contributed by atoms with Gasteiger partial charge in [-0.2, -0.15) is 0 Å². The average molecular weight is 377 g/mol. The predicted molar refractivity (Wildman–Crippen MR) is 98.3 cm³/mol. The van der Waals surface area contributed by atoms with E-state index in [1.54, 1.807) is 23.1 Å². The van der Waals surface area contributed by atoms with E-state index in [1.807, 2.05) is 0 Å². The van der Waals surface area contributed by atoms with Gasteiger partial charge in [0.2, 0.25) is 11.8 Å². The molecule has 0 aliphatic carbocycles. The first-order chi connectivity index (χ1) is 12.5. The van der Waals surface area contributed by atoms with E-state index >= 15 is 0 Å². The molecule has 5 nitrogen and oxygen atoms in total. The number of carbonyl (C=O) groups excluding carboxylic acids is 2. The average Bonchev–Trinajstić information content (AvgIpc) is 3.04. The lowest BCUT2D eigenvalue weighted by molar-refractivity contribution is -0.117. The molecule has 0 bridgehead atoms. The molecule has 1 saturated heterocycles. The number of amides is 2. The van der Waals surface area contributed by atoms with Crippen LogP contribution < -0.4 is 15.0 Å². The number of hydrogen-bond acceptors (Lipinski definition) is 3. The molecule has 0 spiro atoms. The SMILES string of the molecule is COc1ccc(N2CCCC2=O)c(NC(=O)Cc2c(F)cccc2Cl)c1. The number of rotatable bonds is 5. The summed E-state index contributed by atoms with van der Waals surface area (Å²) in [6.07, 6.45) is 1.03. The van der Waals surface area contributed by atoms with E-state index < -0.39 is 11.7 Å². The summed E-state index contributed by atoms with van der Waals surface area (Å²) in [4.78, 5) is 26.1. The van der Waals surface area contributed by atoms with Gasteiger partial charge < -0.3 is 15.0 Å². The molecule has 0 unspecified atom stereocenters. The van der Waals surface area contributed by atoms with E-state index in [-0.39, 0.29) is 22.9 Å². The zero-order valence-electron chi connectivity index (χ0n) is 14.2. The van der Waals surface area contributed by atoms with Crippen LogP contribution in [0.25, 0.3) is 0 Å². The highest BCUT2D eigenvalue weighted by Crippen LogP contribution is 2.33. The summed E-state index contributed by atoms with van der Waals surface area (Å²) < 4.78 is 19.1. The Morgan fingerprint density at radius 1 is 1.35 bits per heavy atom. The highest BCUT2D eigenvalue weighted by Gasteiger charge is 2.25. The summed E-state index contributed by atoms with van der Waals surface area (Å²) in [5.74, 6) is -0.422. The van der Waals surface area contributed by atoms with Gasteiger partial charge >= 0.3 is 0 Å². The molecule has 0 saturated carbocycles. The number of carbonyl (C=O) groups is 2. The van der Waals surface area contributed by atoms with E-state index in [9.17, 15) is 14.0 Å². The van der Waals surface area contributed by atoms with Gasteiger partial charge in [0.05, 0.1) is 24.9 Å². The molecule has 0 aromatic heterocycles. The largest absolute Gasteiger partial charge is 0.497 e. The van der Waals surface area contributed by atoms with Crippen molar-refractivity contribution in [3.05, 3.63) is 52.8 Å². The number of methoxy groups -OCH3 is 1. The maximum atomic E-state index is 13.9.